The van der Waals surface area contributed by atoms with Gasteiger partial charge in [0.25, 0.3) is 0 Å². The molecule has 0 aromatic carbocycles. The second-order valence-corrected chi connectivity index (χ2v) is 4.62. The van der Waals surface area contributed by atoms with Crippen LogP contribution in [0.1, 0.15) is 12.6 Å². The molecule has 0 atom stereocenters. The van der Waals surface area contributed by atoms with Gasteiger partial charge in [-0.15, -0.1) is 0 Å². The first kappa shape index (κ1) is 9.19. The van der Waals surface area contributed by atoms with Crippen molar-refractivity contribution in [2.45, 2.75) is 18.2 Å². The Hall–Kier alpha value is -0.900. The van der Waals surface area contributed by atoms with Crippen molar-refractivity contribution in [1.82, 2.24) is 4.98 Å². The van der Waals surface area contributed by atoms with E-state index in [1.165, 1.54) is 18.5 Å². The quantitative estimate of drug-likeness (QED) is 0.691. The third-order valence-electron chi connectivity index (χ3n) is 1.58. The van der Waals surface area contributed by atoms with Crippen LogP contribution < -0.4 is 0 Å². The van der Waals surface area contributed by atoms with E-state index in [0.717, 1.165) is 12.1 Å². The van der Waals surface area contributed by atoms with Gasteiger partial charge in [0.05, 0.1) is 4.90 Å². The van der Waals surface area contributed by atoms with Crippen LogP contribution in [0.25, 0.3) is 0 Å². The van der Waals surface area contributed by atoms with Gasteiger partial charge in [0, 0.05) is 18.1 Å². The minimum absolute atomic E-state index is 0.342. The van der Waals surface area contributed by atoms with E-state index in [4.69, 9.17) is 0 Å². The maximum atomic E-state index is 11.1. The van der Waals surface area contributed by atoms with Gasteiger partial charge in [0.15, 0.2) is 9.84 Å². The van der Waals surface area contributed by atoms with Crippen LogP contribution in [0, 0.1) is 0 Å². The second kappa shape index (κ2) is 3.23. The maximum absolute atomic E-state index is 11.1. The lowest BCUT2D eigenvalue weighted by atomic mass is 10.3. The Kier molecular flexibility index (Phi) is 2.47. The first-order chi connectivity index (χ1) is 5.54. The van der Waals surface area contributed by atoms with E-state index in [2.05, 4.69) is 4.98 Å². The van der Waals surface area contributed by atoms with Gasteiger partial charge in [-0.25, -0.2) is 8.42 Å². The number of rotatable bonds is 2. The van der Waals surface area contributed by atoms with Crippen molar-refractivity contribution in [3.63, 3.8) is 0 Å². The fourth-order valence-electron chi connectivity index (χ4n) is 0.880. The van der Waals surface area contributed by atoms with Crippen molar-refractivity contribution in [2.24, 2.45) is 0 Å². The van der Waals surface area contributed by atoms with E-state index >= 15 is 0 Å². The summed E-state index contributed by atoms with van der Waals surface area (Å²) in [7, 11) is -3.08. The zero-order valence-corrected chi connectivity index (χ0v) is 7.93. The van der Waals surface area contributed by atoms with Crippen LogP contribution in [0.4, 0.5) is 0 Å². The summed E-state index contributed by atoms with van der Waals surface area (Å²) in [6.45, 7) is 1.94. The van der Waals surface area contributed by atoms with Gasteiger partial charge in [-0.1, -0.05) is 6.92 Å². The second-order valence-electron chi connectivity index (χ2n) is 2.61. The molecule has 1 aromatic rings. The molecule has 66 valence electrons. The third-order valence-corrected chi connectivity index (χ3v) is 2.69. The number of sulfone groups is 1. The zero-order valence-electron chi connectivity index (χ0n) is 7.11. The van der Waals surface area contributed by atoms with Gasteiger partial charge in [0.1, 0.15) is 0 Å². The van der Waals surface area contributed by atoms with Crippen LogP contribution in [0.2, 0.25) is 0 Å². The summed E-state index contributed by atoms with van der Waals surface area (Å²) in [4.78, 5) is 4.35. The Labute approximate surface area is 72.4 Å². The van der Waals surface area contributed by atoms with E-state index in [-0.39, 0.29) is 0 Å². The molecule has 0 fully saturated rings. The smallest absolute Gasteiger partial charge is 0.175 e. The van der Waals surface area contributed by atoms with Crippen LogP contribution >= 0.6 is 0 Å². The summed E-state index contributed by atoms with van der Waals surface area (Å²) in [6, 6.07) is 3.11. The third kappa shape index (κ3) is 2.04. The largest absolute Gasteiger partial charge is 0.261 e. The Morgan fingerprint density at radius 3 is 2.67 bits per heavy atom. The van der Waals surface area contributed by atoms with Crippen LogP contribution in [0.15, 0.2) is 23.2 Å². The monoisotopic (exact) mass is 185 g/mol. The topological polar surface area (TPSA) is 47.0 Å². The normalized spacial score (nSPS) is 11.5. The van der Waals surface area contributed by atoms with Crippen LogP contribution in [-0.2, 0) is 16.3 Å². The fourth-order valence-corrected chi connectivity index (χ4v) is 1.54. The molecule has 0 aliphatic rings. The minimum atomic E-state index is -3.08. The SMILES string of the molecule is CCc1cc(S(C)(=O)=O)ccn1. The van der Waals surface area contributed by atoms with Crippen molar-refractivity contribution < 1.29 is 8.42 Å². The van der Waals surface area contributed by atoms with Gasteiger partial charge in [-0.2, -0.15) is 0 Å². The van der Waals surface area contributed by atoms with Gasteiger partial charge in [-0.05, 0) is 18.6 Å². The van der Waals surface area contributed by atoms with Crippen molar-refractivity contribution in [2.75, 3.05) is 6.26 Å². The van der Waals surface area contributed by atoms with Crippen LogP contribution in [0.5, 0.6) is 0 Å². The Morgan fingerprint density at radius 1 is 1.50 bits per heavy atom. The maximum Gasteiger partial charge on any atom is 0.175 e. The van der Waals surface area contributed by atoms with E-state index < -0.39 is 9.84 Å². The highest BCUT2D eigenvalue weighted by Crippen LogP contribution is 2.08. The van der Waals surface area contributed by atoms with E-state index in [0.29, 0.717) is 4.90 Å². The molecule has 0 aliphatic carbocycles. The van der Waals surface area contributed by atoms with Crippen molar-refractivity contribution in [3.8, 4) is 0 Å². The van der Waals surface area contributed by atoms with Crippen LogP contribution in [0.3, 0.4) is 0 Å². The van der Waals surface area contributed by atoms with E-state index in [1.54, 1.807) is 6.07 Å². The lowest BCUT2D eigenvalue weighted by Crippen LogP contribution is -1.98. The molecule has 1 aromatic heterocycles. The summed E-state index contributed by atoms with van der Waals surface area (Å²) in [6.07, 6.45) is 3.47. The number of aryl methyl sites for hydroxylation is 1. The average Bonchev–Trinajstić information content (AvgIpc) is 2.03. The molecule has 0 N–H and O–H groups in total. The van der Waals surface area contributed by atoms with Crippen LogP contribution in [-0.4, -0.2) is 19.7 Å². The van der Waals surface area contributed by atoms with Crippen molar-refractivity contribution >= 4 is 9.84 Å². The molecule has 0 unspecified atom stereocenters. The standard InChI is InChI=1S/C8H11NO2S/c1-3-7-6-8(4-5-9-7)12(2,10)11/h4-6H,3H2,1-2H3. The zero-order chi connectivity index (χ0) is 9.19. The number of hydrogen-bond donors (Lipinski definition) is 0. The first-order valence-corrected chi connectivity index (χ1v) is 5.58. The molecular formula is C8H11NO2S. The molecule has 0 amide bonds. The molecule has 12 heavy (non-hydrogen) atoms. The van der Waals surface area contributed by atoms with Crippen molar-refractivity contribution in [3.05, 3.63) is 24.0 Å². The average molecular weight is 185 g/mol. The number of pyridine rings is 1. The first-order valence-electron chi connectivity index (χ1n) is 3.69. The predicted octanol–water partition coefficient (Wildman–Crippen LogP) is 1.05. The Bertz CT molecular complexity index is 370. The molecule has 0 spiro atoms. The molecule has 0 saturated heterocycles. The van der Waals surface area contributed by atoms with Gasteiger partial charge in [-0.3, -0.25) is 4.98 Å². The predicted molar refractivity (Wildman–Crippen MR) is 46.7 cm³/mol. The van der Waals surface area contributed by atoms with E-state index in [1.807, 2.05) is 6.92 Å². The summed E-state index contributed by atoms with van der Waals surface area (Å²) in [5, 5.41) is 0. The molecule has 0 saturated carbocycles. The molecule has 3 nitrogen and oxygen atoms in total. The number of hydrogen-bond acceptors (Lipinski definition) is 3. The summed E-state index contributed by atoms with van der Waals surface area (Å²) >= 11 is 0. The number of aromatic nitrogens is 1. The summed E-state index contributed by atoms with van der Waals surface area (Å²) in [5.74, 6) is 0. The highest BCUT2D eigenvalue weighted by atomic mass is 32.2. The van der Waals surface area contributed by atoms with Crippen molar-refractivity contribution in [1.29, 1.82) is 0 Å². The fraction of sp³-hybridized carbons (Fsp3) is 0.375. The van der Waals surface area contributed by atoms with Gasteiger partial charge in [0.2, 0.25) is 0 Å². The highest BCUT2D eigenvalue weighted by molar-refractivity contribution is 7.90. The lowest BCUT2D eigenvalue weighted by Gasteiger charge is -1.99. The molecular weight excluding hydrogens is 174 g/mol. The molecule has 0 radical (unpaired) electrons. The van der Waals surface area contributed by atoms with E-state index in [9.17, 15) is 8.42 Å². The molecule has 4 heteroatoms. The molecule has 0 aliphatic heterocycles. The number of nitrogens with zero attached hydrogens (tertiary/aromatic N) is 1. The Morgan fingerprint density at radius 2 is 2.17 bits per heavy atom. The summed E-state index contributed by atoms with van der Waals surface area (Å²) < 4.78 is 22.1. The Balaban J connectivity index is 3.20. The summed E-state index contributed by atoms with van der Waals surface area (Å²) in [5.41, 5.74) is 0.804. The molecule has 1 heterocycles. The van der Waals surface area contributed by atoms with Gasteiger partial charge < -0.3 is 0 Å². The molecule has 1 rings (SSSR count). The molecule has 0 bridgehead atoms. The highest BCUT2D eigenvalue weighted by Gasteiger charge is 2.06. The van der Waals surface area contributed by atoms with Gasteiger partial charge >= 0.3 is 0 Å². The minimum Gasteiger partial charge on any atom is -0.261 e. The lowest BCUT2D eigenvalue weighted by molar-refractivity contribution is 0.601.